The molecule has 94 valence electrons. The molecular formula is C15H14FIO. The molecule has 0 aliphatic heterocycles. The highest BCUT2D eigenvalue weighted by molar-refractivity contribution is 14.1. The molecule has 0 heterocycles. The number of halogens is 2. The molecule has 1 atom stereocenters. The summed E-state index contributed by atoms with van der Waals surface area (Å²) in [6.45, 7) is 1.75. The molecule has 2 aromatic carbocycles. The van der Waals surface area contributed by atoms with Crippen LogP contribution in [0.1, 0.15) is 18.1 Å². The lowest BCUT2D eigenvalue weighted by molar-refractivity contribution is 0.0575. The molecule has 0 amide bonds. The summed E-state index contributed by atoms with van der Waals surface area (Å²) in [5.41, 5.74) is 0.642. The predicted molar refractivity (Wildman–Crippen MR) is 78.8 cm³/mol. The number of hydrogen-bond donors (Lipinski definition) is 1. The van der Waals surface area contributed by atoms with Crippen LogP contribution in [-0.4, -0.2) is 5.11 Å². The lowest BCUT2D eigenvalue weighted by Gasteiger charge is -2.24. The summed E-state index contributed by atoms with van der Waals surface area (Å²) >= 11 is 2.22. The van der Waals surface area contributed by atoms with Gasteiger partial charge in [0.05, 0.1) is 5.60 Å². The molecular weight excluding hydrogens is 342 g/mol. The number of aliphatic hydroxyl groups is 1. The van der Waals surface area contributed by atoms with Crippen LogP contribution in [0.5, 0.6) is 0 Å². The summed E-state index contributed by atoms with van der Waals surface area (Å²) in [6, 6.07) is 14.1. The first-order chi connectivity index (χ1) is 8.47. The van der Waals surface area contributed by atoms with Gasteiger partial charge in [0.1, 0.15) is 5.82 Å². The quantitative estimate of drug-likeness (QED) is 0.828. The second-order valence-corrected chi connectivity index (χ2v) is 5.83. The minimum absolute atomic E-state index is 0.272. The lowest BCUT2D eigenvalue weighted by Crippen LogP contribution is -2.24. The van der Waals surface area contributed by atoms with Crippen LogP contribution in [-0.2, 0) is 12.0 Å². The van der Waals surface area contributed by atoms with E-state index in [1.54, 1.807) is 13.0 Å². The molecule has 1 nitrogen and oxygen atoms in total. The van der Waals surface area contributed by atoms with E-state index < -0.39 is 5.60 Å². The van der Waals surface area contributed by atoms with Crippen molar-refractivity contribution in [2.24, 2.45) is 0 Å². The van der Waals surface area contributed by atoms with Crippen molar-refractivity contribution in [3.8, 4) is 0 Å². The van der Waals surface area contributed by atoms with Gasteiger partial charge in [0.15, 0.2) is 0 Å². The Hall–Kier alpha value is -0.940. The Morgan fingerprint density at radius 1 is 1.17 bits per heavy atom. The third-order valence-corrected chi connectivity index (χ3v) is 3.62. The standard InChI is InChI=1S/C15H14FIO/c1-15(18,12-5-7-14(17)8-6-12)10-11-3-2-4-13(16)9-11/h2-9,18H,10H2,1H3. The lowest BCUT2D eigenvalue weighted by atomic mass is 9.89. The average molecular weight is 356 g/mol. The van der Waals surface area contributed by atoms with Gasteiger partial charge < -0.3 is 5.11 Å². The van der Waals surface area contributed by atoms with E-state index in [1.807, 2.05) is 30.3 Å². The first-order valence-electron chi connectivity index (χ1n) is 5.70. The van der Waals surface area contributed by atoms with Crippen LogP contribution in [0, 0.1) is 9.39 Å². The molecule has 0 bridgehead atoms. The Balaban J connectivity index is 2.23. The molecule has 3 heteroatoms. The van der Waals surface area contributed by atoms with Gasteiger partial charge in [0.25, 0.3) is 0 Å². The third kappa shape index (κ3) is 3.29. The zero-order valence-electron chi connectivity index (χ0n) is 10.0. The van der Waals surface area contributed by atoms with Gasteiger partial charge in [-0.2, -0.15) is 0 Å². The van der Waals surface area contributed by atoms with E-state index >= 15 is 0 Å². The Labute approximate surface area is 120 Å². The molecule has 0 saturated carbocycles. The molecule has 0 spiro atoms. The third-order valence-electron chi connectivity index (χ3n) is 2.90. The predicted octanol–water partition coefficient (Wildman–Crippen LogP) is 3.88. The zero-order valence-corrected chi connectivity index (χ0v) is 12.2. The number of hydrogen-bond acceptors (Lipinski definition) is 1. The maximum atomic E-state index is 13.1. The van der Waals surface area contributed by atoms with Crippen LogP contribution in [0.4, 0.5) is 4.39 Å². The average Bonchev–Trinajstić information content (AvgIpc) is 2.29. The summed E-state index contributed by atoms with van der Waals surface area (Å²) < 4.78 is 14.2. The Kier molecular flexibility index (Phi) is 4.02. The minimum Gasteiger partial charge on any atom is -0.385 e. The van der Waals surface area contributed by atoms with E-state index in [-0.39, 0.29) is 5.82 Å². The van der Waals surface area contributed by atoms with Crippen molar-refractivity contribution in [1.82, 2.24) is 0 Å². The van der Waals surface area contributed by atoms with Crippen LogP contribution in [0.2, 0.25) is 0 Å². The van der Waals surface area contributed by atoms with Crippen molar-refractivity contribution >= 4 is 22.6 Å². The summed E-state index contributed by atoms with van der Waals surface area (Å²) in [7, 11) is 0. The Morgan fingerprint density at radius 2 is 1.83 bits per heavy atom. The molecule has 0 saturated heterocycles. The molecule has 0 aromatic heterocycles. The zero-order chi connectivity index (χ0) is 13.2. The monoisotopic (exact) mass is 356 g/mol. The van der Waals surface area contributed by atoms with E-state index in [9.17, 15) is 9.50 Å². The van der Waals surface area contributed by atoms with Gasteiger partial charge in [0.2, 0.25) is 0 Å². The van der Waals surface area contributed by atoms with E-state index in [1.165, 1.54) is 12.1 Å². The first kappa shape index (κ1) is 13.5. The molecule has 2 rings (SSSR count). The molecule has 2 aromatic rings. The van der Waals surface area contributed by atoms with E-state index in [0.29, 0.717) is 6.42 Å². The Morgan fingerprint density at radius 3 is 2.44 bits per heavy atom. The van der Waals surface area contributed by atoms with Crippen molar-refractivity contribution in [2.45, 2.75) is 18.9 Å². The highest BCUT2D eigenvalue weighted by atomic mass is 127. The molecule has 0 aliphatic carbocycles. The summed E-state index contributed by atoms with van der Waals surface area (Å²) in [6.07, 6.45) is 0.394. The van der Waals surface area contributed by atoms with Crippen LogP contribution >= 0.6 is 22.6 Å². The Bertz CT molecular complexity index is 534. The van der Waals surface area contributed by atoms with Crippen molar-refractivity contribution in [2.75, 3.05) is 0 Å². The largest absolute Gasteiger partial charge is 0.385 e. The maximum Gasteiger partial charge on any atom is 0.123 e. The van der Waals surface area contributed by atoms with E-state index in [2.05, 4.69) is 22.6 Å². The fourth-order valence-corrected chi connectivity index (χ4v) is 2.31. The molecule has 1 unspecified atom stereocenters. The van der Waals surface area contributed by atoms with Crippen molar-refractivity contribution in [3.63, 3.8) is 0 Å². The highest BCUT2D eigenvalue weighted by Gasteiger charge is 2.23. The van der Waals surface area contributed by atoms with Gasteiger partial charge in [-0.3, -0.25) is 0 Å². The molecule has 18 heavy (non-hydrogen) atoms. The topological polar surface area (TPSA) is 20.2 Å². The second-order valence-electron chi connectivity index (χ2n) is 4.59. The summed E-state index contributed by atoms with van der Waals surface area (Å²) in [4.78, 5) is 0. The SMILES string of the molecule is CC(O)(Cc1cccc(F)c1)c1ccc(I)cc1. The molecule has 1 N–H and O–H groups in total. The van der Waals surface area contributed by atoms with E-state index in [0.717, 1.165) is 14.7 Å². The van der Waals surface area contributed by atoms with Crippen LogP contribution in [0.25, 0.3) is 0 Å². The second kappa shape index (κ2) is 5.36. The van der Waals surface area contributed by atoms with Crippen molar-refractivity contribution < 1.29 is 9.50 Å². The van der Waals surface area contributed by atoms with Crippen LogP contribution in [0.3, 0.4) is 0 Å². The molecule has 0 fully saturated rings. The maximum absolute atomic E-state index is 13.1. The van der Waals surface area contributed by atoms with E-state index in [4.69, 9.17) is 0 Å². The summed E-state index contributed by atoms with van der Waals surface area (Å²) in [5, 5.41) is 10.5. The van der Waals surface area contributed by atoms with Gasteiger partial charge in [-0.25, -0.2) is 4.39 Å². The van der Waals surface area contributed by atoms with Crippen molar-refractivity contribution in [3.05, 3.63) is 69.0 Å². The number of rotatable bonds is 3. The number of benzene rings is 2. The smallest absolute Gasteiger partial charge is 0.123 e. The van der Waals surface area contributed by atoms with Gasteiger partial charge >= 0.3 is 0 Å². The highest BCUT2D eigenvalue weighted by Crippen LogP contribution is 2.26. The van der Waals surface area contributed by atoms with Gasteiger partial charge in [0, 0.05) is 9.99 Å². The van der Waals surface area contributed by atoms with Gasteiger partial charge in [-0.1, -0.05) is 24.3 Å². The van der Waals surface area contributed by atoms with Gasteiger partial charge in [-0.15, -0.1) is 0 Å². The normalized spacial score (nSPS) is 14.2. The minimum atomic E-state index is -0.988. The summed E-state index contributed by atoms with van der Waals surface area (Å²) in [5.74, 6) is -0.272. The molecule has 0 aliphatic rings. The fraction of sp³-hybridized carbons (Fsp3) is 0.200. The van der Waals surface area contributed by atoms with Crippen LogP contribution < -0.4 is 0 Å². The first-order valence-corrected chi connectivity index (χ1v) is 6.78. The fourth-order valence-electron chi connectivity index (χ4n) is 1.96. The molecule has 0 radical (unpaired) electrons. The van der Waals surface area contributed by atoms with Crippen molar-refractivity contribution in [1.29, 1.82) is 0 Å². The van der Waals surface area contributed by atoms with Gasteiger partial charge in [-0.05, 0) is 64.9 Å². The van der Waals surface area contributed by atoms with Crippen LogP contribution in [0.15, 0.2) is 48.5 Å².